The Morgan fingerprint density at radius 2 is 0.602 bits per heavy atom. The van der Waals surface area contributed by atoms with Crippen molar-refractivity contribution in [3.8, 4) is 67.1 Å². The van der Waals surface area contributed by atoms with Crippen LogP contribution in [0.25, 0.3) is 148 Å². The molecule has 0 radical (unpaired) electrons. The molecule has 5 aliphatic rings. The van der Waals surface area contributed by atoms with E-state index in [0.29, 0.717) is 19.6 Å². The van der Waals surface area contributed by atoms with Crippen molar-refractivity contribution in [2.45, 2.75) is 111 Å². The topological polar surface area (TPSA) is 133 Å². The Bertz CT molecular complexity index is 5080. The molecule has 6 aromatic heterocycles. The summed E-state index contributed by atoms with van der Waals surface area (Å²) in [5.41, 5.74) is 27.7. The molecule has 0 fully saturated rings. The van der Waals surface area contributed by atoms with Crippen LogP contribution in [0.4, 0.5) is 0 Å². The number of rotatable bonds is 2. The van der Waals surface area contributed by atoms with Crippen molar-refractivity contribution in [2.75, 3.05) is 13.2 Å². The van der Waals surface area contributed by atoms with Crippen LogP contribution in [-0.4, -0.2) is 53.1 Å². The number of H-pyrrole nitrogens is 4. The minimum absolute atomic E-state index is 0.139. The van der Waals surface area contributed by atoms with Crippen LogP contribution < -0.4 is 9.47 Å². The van der Waals surface area contributed by atoms with Crippen LogP contribution in [0, 0.1) is 0 Å². The van der Waals surface area contributed by atoms with Gasteiger partial charge in [0.15, 0.2) is 0 Å². The molecule has 10 heteroatoms. The molecular weight excluding hydrogens is 1140 g/mol. The van der Waals surface area contributed by atoms with Crippen molar-refractivity contribution in [3.05, 3.63) is 213 Å². The summed E-state index contributed by atoms with van der Waals surface area (Å²) in [6, 6.07) is 52.6. The van der Waals surface area contributed by atoms with Gasteiger partial charge < -0.3 is 29.4 Å². The lowest BCUT2D eigenvalue weighted by Crippen LogP contribution is -2.16. The van der Waals surface area contributed by atoms with Gasteiger partial charge in [0.25, 0.3) is 0 Å². The number of hydrogen-bond acceptors (Lipinski definition) is 6. The minimum atomic E-state index is -0.139. The lowest BCUT2D eigenvalue weighted by molar-refractivity contribution is 0.247. The van der Waals surface area contributed by atoms with Crippen molar-refractivity contribution in [1.82, 2.24) is 39.9 Å². The van der Waals surface area contributed by atoms with Crippen LogP contribution >= 0.6 is 0 Å². The van der Waals surface area contributed by atoms with Gasteiger partial charge in [-0.25, -0.2) is 19.9 Å². The molecule has 10 nitrogen and oxygen atoms in total. The second-order valence-corrected chi connectivity index (χ2v) is 29.4. The van der Waals surface area contributed by atoms with Crippen LogP contribution in [0.5, 0.6) is 11.5 Å². The van der Waals surface area contributed by atoms with Gasteiger partial charge in [-0.2, -0.15) is 0 Å². The second-order valence-electron chi connectivity index (χ2n) is 29.4. The highest BCUT2D eigenvalue weighted by molar-refractivity contribution is 6.05. The van der Waals surface area contributed by atoms with Gasteiger partial charge in [0.2, 0.25) is 0 Å². The zero-order chi connectivity index (χ0) is 64.3. The van der Waals surface area contributed by atoms with Crippen molar-refractivity contribution in [3.63, 3.8) is 0 Å². The van der Waals surface area contributed by atoms with Crippen molar-refractivity contribution >= 4 is 92.7 Å². The number of hydrogen-bond donors (Lipinski definition) is 4. The Labute approximate surface area is 544 Å². The van der Waals surface area contributed by atoms with Crippen LogP contribution in [0.15, 0.2) is 146 Å². The predicted octanol–water partition coefficient (Wildman–Crippen LogP) is 21.3. The van der Waals surface area contributed by atoms with Crippen LogP contribution in [0.2, 0.25) is 0 Å². The molecule has 0 atom stereocenters. The van der Waals surface area contributed by atoms with E-state index in [9.17, 15) is 0 Å². The third-order valence-corrected chi connectivity index (χ3v) is 18.4. The number of nitrogens with one attached hydrogen (secondary N) is 4. The molecule has 4 aromatic carbocycles. The molecule has 0 aliphatic carbocycles. The highest BCUT2D eigenvalue weighted by atomic mass is 16.5. The minimum Gasteiger partial charge on any atom is -0.493 e. The fourth-order valence-corrected chi connectivity index (χ4v) is 13.2. The molecule has 11 heterocycles. The molecule has 462 valence electrons. The second kappa shape index (κ2) is 22.2. The third kappa shape index (κ3) is 11.4. The Kier molecular flexibility index (Phi) is 14.1. The molecule has 15 rings (SSSR count). The smallest absolute Gasteiger partial charge is 0.119 e. The molecule has 0 saturated heterocycles. The molecule has 24 bridgehead atoms. The molecule has 0 saturated carbocycles. The fourth-order valence-electron chi connectivity index (χ4n) is 13.2. The summed E-state index contributed by atoms with van der Waals surface area (Å²) in [4.78, 5) is 38.6. The maximum Gasteiger partial charge on any atom is 0.119 e. The standard InChI is InChI=1S/C83H78N8O2/c1-80(2,3)52-38-50(39-53(44-52)81(4,5)6)76-64-26-22-58(86-64)46-56-20-24-62(84-56)74-48-16-13-18-60(42-48)92-36-15-37-93-61-19-14-17-49(43-61)75-63-25-21-57(85-63)47-59-23-27-65(87-59)77(51-40-54(82(7,8)9)45-55(41-51)83(10,11)12)69-31-35-73(91-69)79(71-33-29-67(75)89-71)78(70-32-28-66(74)88-70)72-34-30-68(76)90-72/h13-14,16-35,38-47,84,87,89-90H,15,36-37H2,1-12H3. The Morgan fingerprint density at radius 1 is 0.290 bits per heavy atom. The Hall–Kier alpha value is -10.3. The van der Waals surface area contributed by atoms with Crippen molar-refractivity contribution in [2.24, 2.45) is 0 Å². The Morgan fingerprint density at radius 3 is 0.978 bits per heavy atom. The Balaban J connectivity index is 1.15. The fraction of sp³-hybridized carbons (Fsp3) is 0.229. The molecule has 0 amide bonds. The van der Waals surface area contributed by atoms with Gasteiger partial charge in [0, 0.05) is 83.9 Å². The van der Waals surface area contributed by atoms with Gasteiger partial charge in [-0.1, -0.05) is 144 Å². The number of nitrogens with zero attached hydrogens (tertiary/aromatic N) is 4. The van der Waals surface area contributed by atoms with Gasteiger partial charge in [0.1, 0.15) is 11.5 Å². The lowest BCUT2D eigenvalue weighted by Gasteiger charge is -2.26. The zero-order valence-electron chi connectivity index (χ0n) is 55.2. The first-order valence-corrected chi connectivity index (χ1v) is 32.6. The van der Waals surface area contributed by atoms with Crippen LogP contribution in [0.3, 0.4) is 0 Å². The average molecular weight is 1220 g/mol. The summed E-state index contributed by atoms with van der Waals surface area (Å²) < 4.78 is 13.1. The summed E-state index contributed by atoms with van der Waals surface area (Å²) in [6.07, 6.45) is 17.9. The van der Waals surface area contributed by atoms with E-state index in [0.717, 1.165) is 157 Å². The highest BCUT2D eigenvalue weighted by Crippen LogP contribution is 2.45. The van der Waals surface area contributed by atoms with Gasteiger partial charge in [-0.15, -0.1) is 0 Å². The molecule has 4 N–H and O–H groups in total. The van der Waals surface area contributed by atoms with E-state index < -0.39 is 0 Å². The van der Waals surface area contributed by atoms with E-state index in [1.807, 2.05) is 12.1 Å². The summed E-state index contributed by atoms with van der Waals surface area (Å²) in [5, 5.41) is 0. The number of aromatic nitrogens is 8. The van der Waals surface area contributed by atoms with Crippen molar-refractivity contribution < 1.29 is 9.47 Å². The normalized spacial score (nSPS) is 13.9. The molecule has 0 spiro atoms. The molecular formula is C83H78N8O2. The first-order chi connectivity index (χ1) is 44.5. The maximum atomic E-state index is 6.56. The quantitative estimate of drug-likeness (QED) is 0.136. The van der Waals surface area contributed by atoms with Gasteiger partial charge >= 0.3 is 0 Å². The highest BCUT2D eigenvalue weighted by Gasteiger charge is 2.28. The van der Waals surface area contributed by atoms with E-state index in [-0.39, 0.29) is 21.7 Å². The summed E-state index contributed by atoms with van der Waals surface area (Å²) >= 11 is 0. The van der Waals surface area contributed by atoms with Gasteiger partial charge in [0.05, 0.1) is 58.8 Å². The molecule has 93 heavy (non-hydrogen) atoms. The van der Waals surface area contributed by atoms with Crippen molar-refractivity contribution in [1.29, 1.82) is 0 Å². The van der Waals surface area contributed by atoms with Crippen LogP contribution in [0.1, 0.15) is 157 Å². The summed E-state index contributed by atoms with van der Waals surface area (Å²) in [5.74, 6) is 1.51. The van der Waals surface area contributed by atoms with E-state index in [1.165, 1.54) is 22.3 Å². The predicted molar refractivity (Wildman–Crippen MR) is 389 cm³/mol. The van der Waals surface area contributed by atoms with Gasteiger partial charge in [-0.05, 0) is 200 Å². The summed E-state index contributed by atoms with van der Waals surface area (Å²) in [6.45, 7) is 28.5. The van der Waals surface area contributed by atoms with E-state index >= 15 is 0 Å². The van der Waals surface area contributed by atoms with E-state index in [2.05, 4.69) is 285 Å². The average Bonchev–Trinajstić information content (AvgIpc) is 1.80. The molecule has 5 aliphatic heterocycles. The van der Waals surface area contributed by atoms with Gasteiger partial charge in [-0.3, -0.25) is 0 Å². The first kappa shape index (κ1) is 59.0. The molecule has 0 unspecified atom stereocenters. The number of benzene rings is 4. The summed E-state index contributed by atoms with van der Waals surface area (Å²) in [7, 11) is 0. The molecule has 10 aromatic rings. The van der Waals surface area contributed by atoms with E-state index in [4.69, 9.17) is 29.4 Å². The lowest BCUT2D eigenvalue weighted by atomic mass is 9.78. The maximum absolute atomic E-state index is 6.56. The number of fused-ring (bicyclic) bond motifs is 23. The number of ether oxygens (including phenoxy) is 2. The number of aromatic amines is 4. The van der Waals surface area contributed by atoms with Crippen LogP contribution in [-0.2, 0) is 21.7 Å². The largest absolute Gasteiger partial charge is 0.493 e. The first-order valence-electron chi connectivity index (χ1n) is 32.6. The SMILES string of the molecule is CC(C)(C)c1cc(-c2c3nc(c4c5ccc([nH]5)c(c5nc(cc6ccc2[nH]6)C=C5)-c2cccc(c2)OCCCOc2cccc(c2)-c2c5nc(c-4c4ccc([nH]4)c(-c4cc(C(C)(C)C)cc(C(C)(C)C)c4)c4nc(cc6ccc2[nH]6)C=C4)C=C5)C=C3)cc(C(C)(C)C)c1. The zero-order valence-corrected chi connectivity index (χ0v) is 55.2. The van der Waals surface area contributed by atoms with E-state index in [1.54, 1.807) is 0 Å². The monoisotopic (exact) mass is 1220 g/mol. The third-order valence-electron chi connectivity index (χ3n) is 18.4.